The second kappa shape index (κ2) is 7.70. The van der Waals surface area contributed by atoms with E-state index >= 15 is 0 Å². The highest BCUT2D eigenvalue weighted by atomic mass is 16.5. The number of ether oxygens (including phenoxy) is 1. The third-order valence-corrected chi connectivity index (χ3v) is 4.97. The Morgan fingerprint density at radius 2 is 2.08 bits per heavy atom. The lowest BCUT2D eigenvalue weighted by molar-refractivity contribution is -0.134. The second-order valence-corrected chi connectivity index (χ2v) is 6.52. The smallest absolute Gasteiger partial charge is 0.224 e. The van der Waals surface area contributed by atoms with Crippen LogP contribution in [0.2, 0.25) is 0 Å². The molecule has 2 aromatic rings. The number of carbonyl (C=O) groups excluding carboxylic acids is 1. The summed E-state index contributed by atoms with van der Waals surface area (Å²) in [4.78, 5) is 16.9. The number of para-hydroxylation sites is 1. The number of likely N-dealkylation sites (N-methyl/N-ethyl adjacent to an activating group) is 1. The molecule has 1 atom stereocenters. The van der Waals surface area contributed by atoms with Crippen molar-refractivity contribution in [1.82, 2.24) is 19.6 Å². The molecule has 1 fully saturated rings. The Morgan fingerprint density at radius 1 is 1.28 bits per heavy atom. The van der Waals surface area contributed by atoms with Gasteiger partial charge < -0.3 is 9.64 Å². The fraction of sp³-hybridized carbons (Fsp3) is 0.474. The quantitative estimate of drug-likeness (QED) is 0.835. The van der Waals surface area contributed by atoms with Crippen LogP contribution in [0.3, 0.4) is 0 Å². The molecule has 25 heavy (non-hydrogen) atoms. The van der Waals surface area contributed by atoms with Gasteiger partial charge in [0.25, 0.3) is 0 Å². The third-order valence-electron chi connectivity index (χ3n) is 4.97. The first kappa shape index (κ1) is 17.5. The van der Waals surface area contributed by atoms with Gasteiger partial charge in [0, 0.05) is 50.1 Å². The molecule has 0 aliphatic carbocycles. The fourth-order valence-corrected chi connectivity index (χ4v) is 3.37. The molecule has 134 valence electrons. The Bertz CT molecular complexity index is 728. The summed E-state index contributed by atoms with van der Waals surface area (Å²) >= 11 is 0. The molecule has 1 aliphatic heterocycles. The Hall–Kier alpha value is -2.34. The van der Waals surface area contributed by atoms with Crippen molar-refractivity contribution in [3.05, 3.63) is 47.8 Å². The summed E-state index contributed by atoms with van der Waals surface area (Å²) in [7, 11) is 3.79. The van der Waals surface area contributed by atoms with Gasteiger partial charge in [-0.1, -0.05) is 18.2 Å². The van der Waals surface area contributed by atoms with Crippen LogP contribution in [0, 0.1) is 6.92 Å². The number of benzene rings is 1. The van der Waals surface area contributed by atoms with Crippen molar-refractivity contribution < 1.29 is 9.53 Å². The van der Waals surface area contributed by atoms with Gasteiger partial charge in [0.15, 0.2) is 0 Å². The molecule has 1 saturated heterocycles. The molecule has 6 heteroatoms. The van der Waals surface area contributed by atoms with Gasteiger partial charge in [-0.2, -0.15) is 5.10 Å². The van der Waals surface area contributed by atoms with Crippen molar-refractivity contribution in [1.29, 1.82) is 0 Å². The molecule has 1 amide bonds. The van der Waals surface area contributed by atoms with E-state index < -0.39 is 0 Å². The zero-order valence-electron chi connectivity index (χ0n) is 15.2. The maximum absolute atomic E-state index is 12.7. The molecule has 0 spiro atoms. The Kier molecular flexibility index (Phi) is 5.38. The second-order valence-electron chi connectivity index (χ2n) is 6.52. The fourth-order valence-electron chi connectivity index (χ4n) is 3.37. The van der Waals surface area contributed by atoms with E-state index in [9.17, 15) is 4.79 Å². The van der Waals surface area contributed by atoms with E-state index in [4.69, 9.17) is 4.74 Å². The lowest BCUT2D eigenvalue weighted by atomic mass is 10.0. The number of aryl methyl sites for hydroxylation is 2. The summed E-state index contributed by atoms with van der Waals surface area (Å²) < 4.78 is 7.39. The summed E-state index contributed by atoms with van der Waals surface area (Å²) in [5, 5.41) is 4.25. The summed E-state index contributed by atoms with van der Waals surface area (Å²) in [5.74, 6) is 1.06. The van der Waals surface area contributed by atoms with Crippen molar-refractivity contribution in [2.45, 2.75) is 25.9 Å². The van der Waals surface area contributed by atoms with Crippen LogP contribution in [-0.2, 0) is 11.3 Å². The number of piperazine rings is 1. The molecule has 0 unspecified atom stereocenters. The molecule has 1 aromatic carbocycles. The average Bonchev–Trinajstić information content (AvgIpc) is 3.05. The van der Waals surface area contributed by atoms with Gasteiger partial charge in [0.2, 0.25) is 5.91 Å². The number of aromatic nitrogens is 2. The van der Waals surface area contributed by atoms with E-state index in [0.29, 0.717) is 19.5 Å². The van der Waals surface area contributed by atoms with Gasteiger partial charge in [-0.3, -0.25) is 14.4 Å². The van der Waals surface area contributed by atoms with E-state index in [1.165, 1.54) is 0 Å². The van der Waals surface area contributed by atoms with Crippen molar-refractivity contribution in [3.63, 3.8) is 0 Å². The van der Waals surface area contributed by atoms with Crippen molar-refractivity contribution in [3.8, 4) is 5.75 Å². The molecular weight excluding hydrogens is 316 g/mol. The molecule has 0 bridgehead atoms. The van der Waals surface area contributed by atoms with Crippen molar-refractivity contribution >= 4 is 5.91 Å². The van der Waals surface area contributed by atoms with Crippen LogP contribution >= 0.6 is 0 Å². The van der Waals surface area contributed by atoms with Crippen molar-refractivity contribution in [2.24, 2.45) is 0 Å². The predicted molar refractivity (Wildman–Crippen MR) is 96.5 cm³/mol. The lowest BCUT2D eigenvalue weighted by Gasteiger charge is -2.40. The number of hydrogen-bond donors (Lipinski definition) is 0. The minimum Gasteiger partial charge on any atom is -0.496 e. The van der Waals surface area contributed by atoms with Gasteiger partial charge in [-0.05, 0) is 26.1 Å². The summed E-state index contributed by atoms with van der Waals surface area (Å²) in [5.41, 5.74) is 2.21. The van der Waals surface area contributed by atoms with Gasteiger partial charge in [0.05, 0.1) is 13.2 Å². The van der Waals surface area contributed by atoms with Crippen molar-refractivity contribution in [2.75, 3.05) is 33.8 Å². The first-order valence-electron chi connectivity index (χ1n) is 8.69. The SMILES string of the molecule is COc1ccccc1[C@@H]1CN(C(=O)CCn2nccc2C)CCN1C. The van der Waals surface area contributed by atoms with Crippen LogP contribution in [0.4, 0.5) is 0 Å². The number of methoxy groups -OCH3 is 1. The maximum Gasteiger partial charge on any atom is 0.224 e. The molecule has 0 N–H and O–H groups in total. The number of amides is 1. The highest BCUT2D eigenvalue weighted by molar-refractivity contribution is 5.76. The Balaban J connectivity index is 1.67. The molecule has 6 nitrogen and oxygen atoms in total. The van der Waals surface area contributed by atoms with E-state index in [1.54, 1.807) is 13.3 Å². The van der Waals surface area contributed by atoms with E-state index in [2.05, 4.69) is 23.1 Å². The van der Waals surface area contributed by atoms with Crippen LogP contribution < -0.4 is 4.74 Å². The first-order valence-corrected chi connectivity index (χ1v) is 8.69. The van der Waals surface area contributed by atoms with E-state index in [0.717, 1.165) is 30.1 Å². The zero-order valence-corrected chi connectivity index (χ0v) is 15.2. The highest BCUT2D eigenvalue weighted by Crippen LogP contribution is 2.31. The maximum atomic E-state index is 12.7. The number of nitrogens with zero attached hydrogens (tertiary/aromatic N) is 4. The normalized spacial score (nSPS) is 18.4. The minimum atomic E-state index is 0.153. The Labute approximate surface area is 149 Å². The molecule has 3 rings (SSSR count). The average molecular weight is 342 g/mol. The predicted octanol–water partition coefficient (Wildman–Crippen LogP) is 2.11. The third kappa shape index (κ3) is 3.85. The topological polar surface area (TPSA) is 50.6 Å². The monoisotopic (exact) mass is 342 g/mol. The first-order chi connectivity index (χ1) is 12.1. The van der Waals surface area contributed by atoms with Gasteiger partial charge in [0.1, 0.15) is 5.75 Å². The molecule has 2 heterocycles. The van der Waals surface area contributed by atoms with Gasteiger partial charge in [-0.15, -0.1) is 0 Å². The molecule has 1 aromatic heterocycles. The highest BCUT2D eigenvalue weighted by Gasteiger charge is 2.29. The van der Waals surface area contributed by atoms with E-state index in [1.807, 2.05) is 40.8 Å². The number of rotatable bonds is 5. The van der Waals surface area contributed by atoms with Crippen LogP contribution in [0.5, 0.6) is 5.75 Å². The lowest BCUT2D eigenvalue weighted by Crippen LogP contribution is -2.49. The number of carbonyl (C=O) groups is 1. The molecule has 0 saturated carbocycles. The van der Waals surface area contributed by atoms with E-state index in [-0.39, 0.29) is 11.9 Å². The largest absolute Gasteiger partial charge is 0.496 e. The zero-order chi connectivity index (χ0) is 17.8. The van der Waals surface area contributed by atoms with Gasteiger partial charge >= 0.3 is 0 Å². The summed E-state index contributed by atoms with van der Waals surface area (Å²) in [6.07, 6.45) is 2.25. The number of hydrogen-bond acceptors (Lipinski definition) is 4. The standard InChI is InChI=1S/C19H26N4O2/c1-15-8-10-20-23(15)11-9-19(24)22-13-12-21(2)17(14-22)16-6-4-5-7-18(16)25-3/h4-8,10,17H,9,11-14H2,1-3H3/t17-/m0/s1. The minimum absolute atomic E-state index is 0.153. The van der Waals surface area contributed by atoms with Crippen LogP contribution in [0.15, 0.2) is 36.5 Å². The van der Waals surface area contributed by atoms with Crippen LogP contribution in [0.25, 0.3) is 0 Å². The summed E-state index contributed by atoms with van der Waals surface area (Å²) in [6.45, 7) is 4.94. The van der Waals surface area contributed by atoms with Crippen LogP contribution in [-0.4, -0.2) is 59.3 Å². The summed E-state index contributed by atoms with van der Waals surface area (Å²) in [6, 6.07) is 10.2. The van der Waals surface area contributed by atoms with Gasteiger partial charge in [-0.25, -0.2) is 0 Å². The Morgan fingerprint density at radius 3 is 2.80 bits per heavy atom. The molecule has 1 aliphatic rings. The van der Waals surface area contributed by atoms with Crippen LogP contribution in [0.1, 0.15) is 23.7 Å². The molecular formula is C19H26N4O2. The molecule has 0 radical (unpaired) electrons.